The lowest BCUT2D eigenvalue weighted by molar-refractivity contribution is -0.137. The fraction of sp³-hybridized carbons (Fsp3) is 0.350. The number of nitriles is 1. The van der Waals surface area contributed by atoms with Crippen molar-refractivity contribution in [2.24, 2.45) is 5.92 Å². The average Bonchev–Trinajstić information content (AvgIpc) is 2.73. The molecule has 152 valence electrons. The van der Waals surface area contributed by atoms with Crippen molar-refractivity contribution in [3.63, 3.8) is 0 Å². The highest BCUT2D eigenvalue weighted by atomic mass is 35.5. The summed E-state index contributed by atoms with van der Waals surface area (Å²) in [5, 5.41) is 11.7. The Morgan fingerprint density at radius 3 is 2.55 bits per heavy atom. The van der Waals surface area contributed by atoms with Gasteiger partial charge >= 0.3 is 6.18 Å². The number of nitrogens with zero attached hydrogens (tertiary/aromatic N) is 3. The number of carbonyl (C=O) groups is 1. The number of nitrogens with one attached hydrogen (secondary N) is 1. The van der Waals surface area contributed by atoms with E-state index in [9.17, 15) is 18.0 Å². The van der Waals surface area contributed by atoms with Gasteiger partial charge in [0.15, 0.2) is 0 Å². The van der Waals surface area contributed by atoms with Gasteiger partial charge < -0.3 is 10.2 Å². The first-order chi connectivity index (χ1) is 13.8. The van der Waals surface area contributed by atoms with Crippen LogP contribution in [0.1, 0.15) is 29.5 Å². The molecule has 0 radical (unpaired) electrons. The maximum Gasteiger partial charge on any atom is 0.417 e. The van der Waals surface area contributed by atoms with E-state index in [1.807, 2.05) is 0 Å². The Bertz CT molecular complexity index is 917. The number of amides is 1. The van der Waals surface area contributed by atoms with E-state index in [1.165, 1.54) is 12.1 Å². The van der Waals surface area contributed by atoms with Gasteiger partial charge in [-0.3, -0.25) is 4.79 Å². The molecule has 2 aromatic rings. The third-order valence-electron chi connectivity index (χ3n) is 4.89. The number of rotatable bonds is 4. The van der Waals surface area contributed by atoms with Crippen LogP contribution in [0.3, 0.4) is 0 Å². The maximum absolute atomic E-state index is 13.2. The Hall–Kier alpha value is -2.79. The lowest BCUT2D eigenvalue weighted by atomic mass is 9.95. The number of hydrogen-bond donors (Lipinski definition) is 1. The molecule has 0 unspecified atom stereocenters. The molecule has 1 aliphatic heterocycles. The molecule has 1 amide bonds. The molecule has 9 heteroatoms. The van der Waals surface area contributed by atoms with Crippen LogP contribution in [0.4, 0.5) is 24.7 Å². The van der Waals surface area contributed by atoms with Gasteiger partial charge in [-0.05, 0) is 42.7 Å². The minimum Gasteiger partial charge on any atom is -0.371 e. The summed E-state index contributed by atoms with van der Waals surface area (Å²) in [7, 11) is 0. The van der Waals surface area contributed by atoms with Gasteiger partial charge in [-0.2, -0.15) is 18.4 Å². The quantitative estimate of drug-likeness (QED) is 0.733. The Balaban J connectivity index is 1.63. The van der Waals surface area contributed by atoms with E-state index < -0.39 is 17.3 Å². The second kappa shape index (κ2) is 8.70. The Morgan fingerprint density at radius 1 is 1.28 bits per heavy atom. The Labute approximate surface area is 171 Å². The number of anilines is 2. The molecule has 3 rings (SSSR count). The van der Waals surface area contributed by atoms with Crippen molar-refractivity contribution in [2.75, 3.05) is 23.3 Å². The van der Waals surface area contributed by atoms with Gasteiger partial charge in [-0.15, -0.1) is 11.6 Å². The van der Waals surface area contributed by atoms with Crippen molar-refractivity contribution in [2.45, 2.75) is 24.9 Å². The predicted molar refractivity (Wildman–Crippen MR) is 104 cm³/mol. The standard InChI is InChI=1S/C20H18ClF3N4O/c21-10-13-1-4-18(26-12-13)27-19(29)14-5-7-28(8-6-14)16-3-2-15(11-25)17(9-16)20(22,23)24/h1-4,9,12,14H,5-8,10H2,(H,26,27,29). The molecule has 1 aliphatic rings. The normalized spacial score (nSPS) is 15.1. The molecule has 1 fully saturated rings. The van der Waals surface area contributed by atoms with Crippen molar-refractivity contribution in [3.05, 3.63) is 53.2 Å². The molecular formula is C20H18ClF3N4O. The minimum atomic E-state index is -4.59. The summed E-state index contributed by atoms with van der Waals surface area (Å²) in [6.07, 6.45) is -1.99. The minimum absolute atomic E-state index is 0.161. The third kappa shape index (κ3) is 4.98. The van der Waals surface area contributed by atoms with Crippen LogP contribution in [-0.2, 0) is 16.9 Å². The zero-order chi connectivity index (χ0) is 21.0. The lowest BCUT2D eigenvalue weighted by Crippen LogP contribution is -2.38. The molecule has 2 heterocycles. The van der Waals surface area contributed by atoms with Gasteiger partial charge in [0.2, 0.25) is 5.91 Å². The number of aromatic nitrogens is 1. The molecule has 29 heavy (non-hydrogen) atoms. The maximum atomic E-state index is 13.2. The molecule has 1 aromatic heterocycles. The number of carbonyl (C=O) groups excluding carboxylic acids is 1. The smallest absolute Gasteiger partial charge is 0.371 e. The summed E-state index contributed by atoms with van der Waals surface area (Å²) in [6, 6.07) is 8.74. The third-order valence-corrected chi connectivity index (χ3v) is 5.20. The molecule has 1 N–H and O–H groups in total. The fourth-order valence-electron chi connectivity index (χ4n) is 3.27. The summed E-state index contributed by atoms with van der Waals surface area (Å²) < 4.78 is 39.5. The lowest BCUT2D eigenvalue weighted by Gasteiger charge is -2.33. The van der Waals surface area contributed by atoms with Crippen LogP contribution < -0.4 is 10.2 Å². The molecule has 0 aliphatic carbocycles. The van der Waals surface area contributed by atoms with E-state index in [0.29, 0.717) is 43.3 Å². The first-order valence-electron chi connectivity index (χ1n) is 9.00. The second-order valence-electron chi connectivity index (χ2n) is 6.78. The summed E-state index contributed by atoms with van der Waals surface area (Å²) in [5.41, 5.74) is -0.0980. The number of hydrogen-bond acceptors (Lipinski definition) is 4. The molecule has 1 saturated heterocycles. The number of pyridine rings is 1. The van der Waals surface area contributed by atoms with E-state index in [1.54, 1.807) is 29.3 Å². The molecule has 1 aromatic carbocycles. The Kier molecular flexibility index (Phi) is 6.28. The highest BCUT2D eigenvalue weighted by Gasteiger charge is 2.34. The molecular weight excluding hydrogens is 405 g/mol. The van der Waals surface area contributed by atoms with Crippen LogP contribution in [0.5, 0.6) is 0 Å². The van der Waals surface area contributed by atoms with E-state index in [2.05, 4.69) is 10.3 Å². The van der Waals surface area contributed by atoms with Crippen LogP contribution in [0, 0.1) is 17.2 Å². The van der Waals surface area contributed by atoms with Gasteiger partial charge in [0.25, 0.3) is 0 Å². The molecule has 5 nitrogen and oxygen atoms in total. The second-order valence-corrected chi connectivity index (χ2v) is 7.04. The molecule has 0 saturated carbocycles. The van der Waals surface area contributed by atoms with E-state index >= 15 is 0 Å². The van der Waals surface area contributed by atoms with E-state index in [4.69, 9.17) is 16.9 Å². The summed E-state index contributed by atoms with van der Waals surface area (Å²) in [6.45, 7) is 0.889. The van der Waals surface area contributed by atoms with Crippen molar-refractivity contribution < 1.29 is 18.0 Å². The number of alkyl halides is 4. The molecule has 0 bridgehead atoms. The molecule has 0 atom stereocenters. The van der Waals surface area contributed by atoms with Crippen LogP contribution in [0.15, 0.2) is 36.5 Å². The first kappa shape index (κ1) is 20.9. The zero-order valence-electron chi connectivity index (χ0n) is 15.3. The van der Waals surface area contributed by atoms with Gasteiger partial charge in [-0.1, -0.05) is 6.07 Å². The topological polar surface area (TPSA) is 69.0 Å². The van der Waals surface area contributed by atoms with Crippen LogP contribution in [-0.4, -0.2) is 24.0 Å². The van der Waals surface area contributed by atoms with Crippen LogP contribution in [0.25, 0.3) is 0 Å². The van der Waals surface area contributed by atoms with Crippen molar-refractivity contribution in [3.8, 4) is 6.07 Å². The molecule has 0 spiro atoms. The Morgan fingerprint density at radius 2 is 2.00 bits per heavy atom. The summed E-state index contributed by atoms with van der Waals surface area (Å²) >= 11 is 5.71. The highest BCUT2D eigenvalue weighted by Crippen LogP contribution is 2.35. The van der Waals surface area contributed by atoms with Gasteiger partial charge in [0.1, 0.15) is 5.82 Å². The largest absolute Gasteiger partial charge is 0.417 e. The van der Waals surface area contributed by atoms with Crippen LogP contribution in [0.2, 0.25) is 0 Å². The first-order valence-corrected chi connectivity index (χ1v) is 9.53. The van der Waals surface area contributed by atoms with Gasteiger partial charge in [0.05, 0.1) is 17.2 Å². The van der Waals surface area contributed by atoms with Gasteiger partial charge in [-0.25, -0.2) is 4.98 Å². The van der Waals surface area contributed by atoms with E-state index in [0.717, 1.165) is 11.6 Å². The SMILES string of the molecule is N#Cc1ccc(N2CCC(C(=O)Nc3ccc(CCl)cn3)CC2)cc1C(F)(F)F. The van der Waals surface area contributed by atoms with Crippen molar-refractivity contribution >= 4 is 29.0 Å². The fourth-order valence-corrected chi connectivity index (χ4v) is 3.42. The highest BCUT2D eigenvalue weighted by molar-refractivity contribution is 6.17. The summed E-state index contributed by atoms with van der Waals surface area (Å²) in [4.78, 5) is 18.4. The average molecular weight is 423 g/mol. The monoisotopic (exact) mass is 422 g/mol. The number of benzene rings is 1. The van der Waals surface area contributed by atoms with Crippen LogP contribution >= 0.6 is 11.6 Å². The van der Waals surface area contributed by atoms with E-state index in [-0.39, 0.29) is 11.8 Å². The number of piperidine rings is 1. The van der Waals surface area contributed by atoms with Crippen molar-refractivity contribution in [1.29, 1.82) is 5.26 Å². The number of halogens is 4. The van der Waals surface area contributed by atoms with Gasteiger partial charge in [0, 0.05) is 36.8 Å². The van der Waals surface area contributed by atoms with Crippen molar-refractivity contribution in [1.82, 2.24) is 4.98 Å². The summed E-state index contributed by atoms with van der Waals surface area (Å²) in [5.74, 6) is 0.367. The zero-order valence-corrected chi connectivity index (χ0v) is 16.1. The predicted octanol–water partition coefficient (Wildman–Crippen LogP) is 4.57.